The molecule has 0 aromatic carbocycles. The van der Waals surface area contributed by atoms with Crippen molar-refractivity contribution in [2.75, 3.05) is 6.61 Å². The fraction of sp³-hybridized carbons (Fsp3) is 0.222. The summed E-state index contributed by atoms with van der Waals surface area (Å²) in [5.41, 5.74) is 3.72. The second-order valence-corrected chi connectivity index (χ2v) is 3.24. The van der Waals surface area contributed by atoms with E-state index in [1.807, 2.05) is 10.9 Å². The lowest BCUT2D eigenvalue weighted by atomic mass is 10.4. The fourth-order valence-corrected chi connectivity index (χ4v) is 1.02. The number of ether oxygens (including phenoxy) is 1. The Bertz CT molecular complexity index is 479. The minimum atomic E-state index is -1.10. The first-order chi connectivity index (χ1) is 8.54. The third-order valence-corrected chi connectivity index (χ3v) is 1.77. The lowest BCUT2D eigenvalue weighted by Gasteiger charge is -2.05. The van der Waals surface area contributed by atoms with Crippen molar-refractivity contribution in [2.45, 2.75) is 6.92 Å². The molecule has 9 heteroatoms. The second-order valence-electron chi connectivity index (χ2n) is 2.86. The molecule has 1 heterocycles. The normalized spacial score (nSPS) is 9.44. The van der Waals surface area contributed by atoms with E-state index in [-0.39, 0.29) is 17.5 Å². The number of hydrogen-bond donors (Lipinski definition) is 2. The first-order valence-corrected chi connectivity index (χ1v) is 5.17. The maximum absolute atomic E-state index is 11.4. The molecule has 0 unspecified atom stereocenters. The van der Waals surface area contributed by atoms with Gasteiger partial charge >= 0.3 is 11.9 Å². The minimum absolute atomic E-state index is 0.0272. The fourth-order valence-electron chi connectivity index (χ4n) is 0.877. The predicted molar refractivity (Wildman–Crippen MR) is 59.3 cm³/mol. The third-order valence-electron chi connectivity index (χ3n) is 1.59. The second kappa shape index (κ2) is 6.50. The number of nitrogens with zero attached hydrogens (tertiary/aromatic N) is 2. The topological polar surface area (TPSA) is 110 Å². The van der Waals surface area contributed by atoms with Gasteiger partial charge in [-0.25, -0.2) is 9.78 Å². The van der Waals surface area contributed by atoms with Gasteiger partial charge < -0.3 is 4.74 Å². The van der Waals surface area contributed by atoms with E-state index in [9.17, 15) is 14.4 Å². The molecule has 0 aliphatic rings. The number of amides is 2. The van der Waals surface area contributed by atoms with Gasteiger partial charge in [-0.3, -0.25) is 25.4 Å². The summed E-state index contributed by atoms with van der Waals surface area (Å²) in [5.74, 6) is -2.96. The molecule has 2 N–H and O–H groups in total. The Morgan fingerprint density at radius 2 is 2.06 bits per heavy atom. The van der Waals surface area contributed by atoms with Crippen LogP contribution in [0.4, 0.5) is 0 Å². The quantitative estimate of drug-likeness (QED) is 0.425. The molecule has 1 rings (SSSR count). The summed E-state index contributed by atoms with van der Waals surface area (Å²) in [5, 5.41) is 0.0272. The number of hydrogen-bond acceptors (Lipinski definition) is 6. The molecule has 0 fully saturated rings. The van der Waals surface area contributed by atoms with Crippen molar-refractivity contribution in [1.29, 1.82) is 0 Å². The Labute approximate surface area is 107 Å². The molecule has 1 aromatic rings. The molecule has 0 saturated heterocycles. The van der Waals surface area contributed by atoms with Gasteiger partial charge in [0.25, 0.3) is 5.91 Å². The summed E-state index contributed by atoms with van der Waals surface area (Å²) in [6, 6.07) is 0. The number of esters is 1. The molecule has 96 valence electrons. The van der Waals surface area contributed by atoms with Crippen molar-refractivity contribution >= 4 is 29.4 Å². The minimum Gasteiger partial charge on any atom is -0.459 e. The molecular weight excluding hydrogens is 264 g/mol. The molecule has 0 aliphatic heterocycles. The van der Waals surface area contributed by atoms with Crippen molar-refractivity contribution in [2.24, 2.45) is 0 Å². The molecule has 0 spiro atoms. The summed E-state index contributed by atoms with van der Waals surface area (Å²) < 4.78 is 4.41. The van der Waals surface area contributed by atoms with Gasteiger partial charge in [0.15, 0.2) is 0 Å². The van der Waals surface area contributed by atoms with Crippen LogP contribution >= 0.6 is 11.6 Å². The van der Waals surface area contributed by atoms with Crippen LogP contribution in [0.5, 0.6) is 0 Å². The van der Waals surface area contributed by atoms with E-state index in [0.717, 1.165) is 6.20 Å². The number of hydrazine groups is 1. The van der Waals surface area contributed by atoms with E-state index < -0.39 is 17.8 Å². The molecule has 0 saturated carbocycles. The van der Waals surface area contributed by atoms with Crippen LogP contribution < -0.4 is 10.9 Å². The number of halogens is 1. The van der Waals surface area contributed by atoms with Crippen LogP contribution in [0.25, 0.3) is 0 Å². The van der Waals surface area contributed by atoms with E-state index in [1.165, 1.54) is 6.20 Å². The standard InChI is InChI=1S/C9H9ClN4O4/c1-2-18-9(17)8(16)14-13-7(15)5-3-11-4-6(10)12-5/h3-4H,2H2,1H3,(H,13,15)(H,14,16). The highest BCUT2D eigenvalue weighted by molar-refractivity contribution is 6.32. The molecule has 0 bridgehead atoms. The van der Waals surface area contributed by atoms with Gasteiger partial charge in [-0.05, 0) is 6.92 Å². The summed E-state index contributed by atoms with van der Waals surface area (Å²) >= 11 is 5.53. The highest BCUT2D eigenvalue weighted by atomic mass is 35.5. The van der Waals surface area contributed by atoms with Gasteiger partial charge in [0.1, 0.15) is 10.8 Å². The van der Waals surface area contributed by atoms with Crippen LogP contribution in [0.2, 0.25) is 5.15 Å². The van der Waals surface area contributed by atoms with Crippen molar-refractivity contribution in [1.82, 2.24) is 20.8 Å². The molecule has 0 atom stereocenters. The lowest BCUT2D eigenvalue weighted by molar-refractivity contribution is -0.154. The van der Waals surface area contributed by atoms with E-state index in [1.54, 1.807) is 6.92 Å². The summed E-state index contributed by atoms with van der Waals surface area (Å²) in [6.07, 6.45) is 2.40. The number of aromatic nitrogens is 2. The predicted octanol–water partition coefficient (Wildman–Crippen LogP) is -0.546. The zero-order valence-electron chi connectivity index (χ0n) is 9.27. The van der Waals surface area contributed by atoms with Gasteiger partial charge in [-0.2, -0.15) is 0 Å². The molecule has 0 aliphatic carbocycles. The number of carbonyl (C=O) groups excluding carboxylic acids is 3. The van der Waals surface area contributed by atoms with Crippen molar-refractivity contribution < 1.29 is 19.1 Å². The largest absolute Gasteiger partial charge is 0.459 e. The van der Waals surface area contributed by atoms with E-state index >= 15 is 0 Å². The van der Waals surface area contributed by atoms with Gasteiger partial charge in [0.05, 0.1) is 19.0 Å². The van der Waals surface area contributed by atoms with Crippen molar-refractivity contribution in [3.05, 3.63) is 23.2 Å². The maximum atomic E-state index is 11.4. The van der Waals surface area contributed by atoms with Gasteiger partial charge in [0.2, 0.25) is 0 Å². The Morgan fingerprint density at radius 3 is 2.67 bits per heavy atom. The first-order valence-electron chi connectivity index (χ1n) is 4.79. The monoisotopic (exact) mass is 272 g/mol. The maximum Gasteiger partial charge on any atom is 0.398 e. The Hall–Kier alpha value is -2.22. The average Bonchev–Trinajstić information content (AvgIpc) is 2.35. The SMILES string of the molecule is CCOC(=O)C(=O)NNC(=O)c1cncc(Cl)n1. The van der Waals surface area contributed by atoms with Crippen LogP contribution in [0, 0.1) is 0 Å². The van der Waals surface area contributed by atoms with Crippen molar-refractivity contribution in [3.63, 3.8) is 0 Å². The van der Waals surface area contributed by atoms with Gasteiger partial charge in [0, 0.05) is 0 Å². The highest BCUT2D eigenvalue weighted by Crippen LogP contribution is 2.01. The van der Waals surface area contributed by atoms with Gasteiger partial charge in [-0.1, -0.05) is 11.6 Å². The van der Waals surface area contributed by atoms with Crippen LogP contribution in [-0.2, 0) is 14.3 Å². The van der Waals surface area contributed by atoms with Crippen molar-refractivity contribution in [3.8, 4) is 0 Å². The highest BCUT2D eigenvalue weighted by Gasteiger charge is 2.16. The Kier molecular flexibility index (Phi) is 5.00. The lowest BCUT2D eigenvalue weighted by Crippen LogP contribution is -2.45. The smallest absolute Gasteiger partial charge is 0.398 e. The Morgan fingerprint density at radius 1 is 1.33 bits per heavy atom. The van der Waals surface area contributed by atoms with E-state index in [0.29, 0.717) is 0 Å². The van der Waals surface area contributed by atoms with Crippen LogP contribution in [0.15, 0.2) is 12.4 Å². The van der Waals surface area contributed by atoms with Crippen LogP contribution in [0.3, 0.4) is 0 Å². The van der Waals surface area contributed by atoms with Crippen LogP contribution in [0.1, 0.15) is 17.4 Å². The number of nitrogens with one attached hydrogen (secondary N) is 2. The Balaban J connectivity index is 2.51. The summed E-state index contributed by atoms with van der Waals surface area (Å²) in [7, 11) is 0. The zero-order chi connectivity index (χ0) is 13.5. The summed E-state index contributed by atoms with van der Waals surface area (Å²) in [6.45, 7) is 1.60. The first kappa shape index (κ1) is 13.8. The summed E-state index contributed by atoms with van der Waals surface area (Å²) in [4.78, 5) is 40.7. The molecule has 8 nitrogen and oxygen atoms in total. The number of carbonyl (C=O) groups is 3. The molecule has 2 amide bonds. The van der Waals surface area contributed by atoms with Gasteiger partial charge in [-0.15, -0.1) is 0 Å². The van der Waals surface area contributed by atoms with E-state index in [2.05, 4.69) is 14.7 Å². The molecular formula is C9H9ClN4O4. The zero-order valence-corrected chi connectivity index (χ0v) is 10.0. The van der Waals surface area contributed by atoms with Crippen LogP contribution in [-0.4, -0.2) is 34.4 Å². The third kappa shape index (κ3) is 3.98. The average molecular weight is 273 g/mol. The molecule has 0 radical (unpaired) electrons. The molecule has 1 aromatic heterocycles. The molecule has 18 heavy (non-hydrogen) atoms. The number of rotatable bonds is 2. The van der Waals surface area contributed by atoms with E-state index in [4.69, 9.17) is 11.6 Å².